The Balaban J connectivity index is 1.34. The van der Waals surface area contributed by atoms with Crippen LogP contribution in [-0.2, 0) is 4.79 Å². The molecule has 0 aromatic heterocycles. The summed E-state index contributed by atoms with van der Waals surface area (Å²) in [5, 5.41) is 2.49. The number of halogens is 4. The van der Waals surface area contributed by atoms with Crippen molar-refractivity contribution < 1.29 is 27.2 Å². The van der Waals surface area contributed by atoms with Gasteiger partial charge in [-0.25, -0.2) is 17.6 Å². The fourth-order valence-corrected chi connectivity index (χ4v) is 4.34. The predicted molar refractivity (Wildman–Crippen MR) is 126 cm³/mol. The second-order valence-corrected chi connectivity index (χ2v) is 8.55. The molecular formula is C27H25F4N3O2. The van der Waals surface area contributed by atoms with Crippen LogP contribution in [0.5, 0.6) is 0 Å². The average molecular weight is 500 g/mol. The number of nitrogens with one attached hydrogen (secondary N) is 1. The minimum Gasteiger partial charge on any atom is -0.351 e. The number of hydrogen-bond donors (Lipinski definition) is 1. The van der Waals surface area contributed by atoms with E-state index >= 15 is 0 Å². The molecule has 9 heteroatoms. The van der Waals surface area contributed by atoms with Gasteiger partial charge in [-0.15, -0.1) is 0 Å². The third-order valence-electron chi connectivity index (χ3n) is 6.20. The van der Waals surface area contributed by atoms with Gasteiger partial charge in [0.25, 0.3) is 5.91 Å². The molecule has 4 rings (SSSR count). The molecule has 0 saturated carbocycles. The maximum Gasteiger partial charge on any atom is 0.254 e. The van der Waals surface area contributed by atoms with Crippen LogP contribution in [0, 0.1) is 23.3 Å². The standard InChI is InChI=1S/C27H25F4N3O2/c28-20-5-1-18(2-6-20)26(19-3-7-21(29)8-4-19)34-15-13-33(14-16-34)25(35)11-12-32-27(36)23-10-9-22(30)17-24(23)31/h1-10,17,26H,11-16H2,(H,32,36). The van der Waals surface area contributed by atoms with Crippen LogP contribution in [0.3, 0.4) is 0 Å². The molecule has 1 aliphatic heterocycles. The highest BCUT2D eigenvalue weighted by Crippen LogP contribution is 2.30. The van der Waals surface area contributed by atoms with Crippen molar-refractivity contribution in [2.45, 2.75) is 12.5 Å². The molecule has 0 atom stereocenters. The first kappa shape index (κ1) is 25.4. The van der Waals surface area contributed by atoms with Gasteiger partial charge >= 0.3 is 0 Å². The summed E-state index contributed by atoms with van der Waals surface area (Å²) in [6.45, 7) is 1.98. The van der Waals surface area contributed by atoms with E-state index in [1.165, 1.54) is 24.3 Å². The predicted octanol–water partition coefficient (Wildman–Crippen LogP) is 4.30. The Bertz CT molecular complexity index is 1170. The zero-order valence-corrected chi connectivity index (χ0v) is 19.4. The molecule has 5 nitrogen and oxygen atoms in total. The van der Waals surface area contributed by atoms with Crippen LogP contribution in [0.25, 0.3) is 0 Å². The lowest BCUT2D eigenvalue weighted by molar-refractivity contribution is -0.133. The summed E-state index contributed by atoms with van der Waals surface area (Å²) in [5.41, 5.74) is 1.43. The fourth-order valence-electron chi connectivity index (χ4n) is 4.34. The highest BCUT2D eigenvalue weighted by Gasteiger charge is 2.28. The van der Waals surface area contributed by atoms with Crippen LogP contribution >= 0.6 is 0 Å². The second kappa shape index (κ2) is 11.3. The number of amides is 2. The summed E-state index contributed by atoms with van der Waals surface area (Å²) < 4.78 is 53.8. The summed E-state index contributed by atoms with van der Waals surface area (Å²) in [5.74, 6) is -3.31. The van der Waals surface area contributed by atoms with Crippen LogP contribution in [0.15, 0.2) is 66.7 Å². The highest BCUT2D eigenvalue weighted by atomic mass is 19.1. The smallest absolute Gasteiger partial charge is 0.254 e. The van der Waals surface area contributed by atoms with Gasteiger partial charge in [-0.05, 0) is 47.5 Å². The van der Waals surface area contributed by atoms with E-state index in [1.807, 2.05) is 0 Å². The zero-order chi connectivity index (χ0) is 25.7. The second-order valence-electron chi connectivity index (χ2n) is 8.55. The maximum absolute atomic E-state index is 13.7. The molecule has 0 unspecified atom stereocenters. The molecule has 0 radical (unpaired) electrons. The number of hydrogen-bond acceptors (Lipinski definition) is 3. The SMILES string of the molecule is O=C(NCCC(=O)N1CCN(C(c2ccc(F)cc2)c2ccc(F)cc2)CC1)c1ccc(F)cc1F. The largest absolute Gasteiger partial charge is 0.351 e. The van der Waals surface area contributed by atoms with Crippen molar-refractivity contribution in [3.63, 3.8) is 0 Å². The number of benzene rings is 3. The van der Waals surface area contributed by atoms with Crippen molar-refractivity contribution in [2.24, 2.45) is 0 Å². The molecule has 1 aliphatic rings. The molecule has 1 N–H and O–H groups in total. The molecule has 36 heavy (non-hydrogen) atoms. The monoisotopic (exact) mass is 499 g/mol. The van der Waals surface area contributed by atoms with Gasteiger partial charge in [0, 0.05) is 45.2 Å². The van der Waals surface area contributed by atoms with Crippen molar-refractivity contribution in [3.05, 3.63) is 107 Å². The van der Waals surface area contributed by atoms with Crippen LogP contribution in [0.4, 0.5) is 17.6 Å². The molecule has 1 fully saturated rings. The van der Waals surface area contributed by atoms with Gasteiger partial charge in [-0.2, -0.15) is 0 Å². The fraction of sp³-hybridized carbons (Fsp3) is 0.259. The Hall–Kier alpha value is -3.72. The van der Waals surface area contributed by atoms with E-state index in [4.69, 9.17) is 0 Å². The lowest BCUT2D eigenvalue weighted by Gasteiger charge is -2.40. The van der Waals surface area contributed by atoms with E-state index in [2.05, 4.69) is 10.2 Å². The Morgan fingerprint density at radius 1 is 0.750 bits per heavy atom. The summed E-state index contributed by atoms with van der Waals surface area (Å²) >= 11 is 0. The Morgan fingerprint density at radius 2 is 1.28 bits per heavy atom. The van der Waals surface area contributed by atoms with E-state index in [0.717, 1.165) is 23.3 Å². The molecule has 1 saturated heterocycles. The number of piperazine rings is 1. The molecule has 3 aromatic rings. The molecule has 0 bridgehead atoms. The van der Waals surface area contributed by atoms with Crippen molar-refractivity contribution in [1.29, 1.82) is 0 Å². The van der Waals surface area contributed by atoms with Crippen LogP contribution in [0.1, 0.15) is 33.9 Å². The maximum atomic E-state index is 13.7. The molecule has 3 aromatic carbocycles. The minimum atomic E-state index is -0.966. The Morgan fingerprint density at radius 3 is 1.81 bits per heavy atom. The van der Waals surface area contributed by atoms with Gasteiger partial charge in [0.15, 0.2) is 0 Å². The van der Waals surface area contributed by atoms with E-state index in [-0.39, 0.29) is 42.1 Å². The molecule has 1 heterocycles. The zero-order valence-electron chi connectivity index (χ0n) is 19.4. The van der Waals surface area contributed by atoms with E-state index < -0.39 is 17.5 Å². The summed E-state index contributed by atoms with van der Waals surface area (Å²) in [6.07, 6.45) is 0.0356. The van der Waals surface area contributed by atoms with Crippen molar-refractivity contribution in [2.75, 3.05) is 32.7 Å². The topological polar surface area (TPSA) is 52.7 Å². The third kappa shape index (κ3) is 6.09. The lowest BCUT2D eigenvalue weighted by Crippen LogP contribution is -2.50. The average Bonchev–Trinajstić information content (AvgIpc) is 2.86. The van der Waals surface area contributed by atoms with Crippen LogP contribution < -0.4 is 5.32 Å². The summed E-state index contributed by atoms with van der Waals surface area (Å²) in [7, 11) is 0. The molecule has 188 valence electrons. The van der Waals surface area contributed by atoms with Crippen LogP contribution in [-0.4, -0.2) is 54.3 Å². The van der Waals surface area contributed by atoms with Crippen molar-refractivity contribution >= 4 is 11.8 Å². The summed E-state index contributed by atoms with van der Waals surface area (Å²) in [4.78, 5) is 28.6. The van der Waals surface area contributed by atoms with E-state index in [0.29, 0.717) is 32.2 Å². The quantitative estimate of drug-likeness (QED) is 0.494. The van der Waals surface area contributed by atoms with E-state index in [1.54, 1.807) is 29.2 Å². The number of carbonyl (C=O) groups is 2. The molecule has 0 aliphatic carbocycles. The van der Waals surface area contributed by atoms with Gasteiger partial charge in [0.1, 0.15) is 23.3 Å². The van der Waals surface area contributed by atoms with Crippen molar-refractivity contribution in [3.8, 4) is 0 Å². The van der Waals surface area contributed by atoms with Gasteiger partial charge in [0.2, 0.25) is 5.91 Å². The summed E-state index contributed by atoms with van der Waals surface area (Å²) in [6, 6.07) is 14.8. The molecular weight excluding hydrogens is 474 g/mol. The number of rotatable bonds is 7. The van der Waals surface area contributed by atoms with E-state index in [9.17, 15) is 27.2 Å². The molecule has 0 spiro atoms. The van der Waals surface area contributed by atoms with Gasteiger partial charge in [-0.1, -0.05) is 24.3 Å². The van der Waals surface area contributed by atoms with Gasteiger partial charge < -0.3 is 10.2 Å². The Kier molecular flexibility index (Phi) is 8.00. The normalized spacial score (nSPS) is 14.2. The van der Waals surface area contributed by atoms with Crippen LogP contribution in [0.2, 0.25) is 0 Å². The minimum absolute atomic E-state index is 0.0164. The first-order chi connectivity index (χ1) is 17.3. The van der Waals surface area contributed by atoms with Crippen molar-refractivity contribution in [1.82, 2.24) is 15.1 Å². The van der Waals surface area contributed by atoms with Gasteiger partial charge in [0.05, 0.1) is 11.6 Å². The highest BCUT2D eigenvalue weighted by molar-refractivity contribution is 5.94. The third-order valence-corrected chi connectivity index (χ3v) is 6.20. The van der Waals surface area contributed by atoms with Gasteiger partial charge in [-0.3, -0.25) is 14.5 Å². The number of nitrogens with zero attached hydrogens (tertiary/aromatic N) is 2. The first-order valence-corrected chi connectivity index (χ1v) is 11.6. The first-order valence-electron chi connectivity index (χ1n) is 11.6. The Labute approximate surface area is 206 Å². The number of carbonyl (C=O) groups excluding carboxylic acids is 2. The lowest BCUT2D eigenvalue weighted by atomic mass is 9.96. The molecule has 2 amide bonds.